The highest BCUT2D eigenvalue weighted by Crippen LogP contribution is 2.03. The molecule has 18 heavy (non-hydrogen) atoms. The van der Waals surface area contributed by atoms with Gasteiger partial charge in [0.15, 0.2) is 6.23 Å². The van der Waals surface area contributed by atoms with Crippen LogP contribution in [0, 0.1) is 0 Å². The quantitative estimate of drug-likeness (QED) is 0.693. The lowest BCUT2D eigenvalue weighted by atomic mass is 10.1. The topological polar surface area (TPSA) is 85.6 Å². The van der Waals surface area contributed by atoms with Crippen LogP contribution in [0.25, 0.3) is 0 Å². The van der Waals surface area contributed by atoms with Crippen LogP contribution >= 0.6 is 0 Å². The summed E-state index contributed by atoms with van der Waals surface area (Å²) in [6.45, 7) is 0.485. The number of amides is 1. The van der Waals surface area contributed by atoms with Crippen LogP contribution < -0.4 is 16.7 Å². The van der Waals surface area contributed by atoms with Crippen LogP contribution in [0.5, 0.6) is 0 Å². The average molecular weight is 251 g/mol. The number of nitrogens with two attached hydrogens (primary N) is 1. The van der Waals surface area contributed by atoms with Crippen molar-refractivity contribution in [2.45, 2.75) is 25.1 Å². The molecule has 2 rings (SSSR count). The molecule has 4 N–H and O–H groups in total. The molecule has 0 aliphatic carbocycles. The molecule has 1 heterocycles. The van der Waals surface area contributed by atoms with Gasteiger partial charge in [0.2, 0.25) is 5.91 Å². The summed E-state index contributed by atoms with van der Waals surface area (Å²) in [6, 6.07) is 9.08. The van der Waals surface area contributed by atoms with Crippen LogP contribution in [0.3, 0.4) is 0 Å². The zero-order chi connectivity index (χ0) is 12.8. The van der Waals surface area contributed by atoms with Gasteiger partial charge in [0.1, 0.15) is 0 Å². The zero-order valence-corrected chi connectivity index (χ0v) is 9.96. The van der Waals surface area contributed by atoms with E-state index in [4.69, 9.17) is 15.4 Å². The third-order valence-corrected chi connectivity index (χ3v) is 2.67. The number of hydrogen-bond donors (Lipinski definition) is 3. The second kappa shape index (κ2) is 6.46. The van der Waals surface area contributed by atoms with Crippen molar-refractivity contribution in [1.29, 1.82) is 0 Å². The van der Waals surface area contributed by atoms with Crippen LogP contribution in [0.1, 0.15) is 12.0 Å². The fourth-order valence-electron chi connectivity index (χ4n) is 1.69. The Kier molecular flexibility index (Phi) is 4.66. The van der Waals surface area contributed by atoms with E-state index in [1.54, 1.807) is 0 Å². The van der Waals surface area contributed by atoms with Gasteiger partial charge in [0, 0.05) is 6.42 Å². The SMILES string of the molecule is N[C@@H](Cc1ccccc1)C(=O)NC1CCONO1. The van der Waals surface area contributed by atoms with E-state index in [1.807, 2.05) is 30.3 Å². The minimum absolute atomic E-state index is 0.229. The first-order valence-corrected chi connectivity index (χ1v) is 5.88. The van der Waals surface area contributed by atoms with Crippen molar-refractivity contribution in [3.63, 3.8) is 0 Å². The average Bonchev–Trinajstić information content (AvgIpc) is 2.41. The highest BCUT2D eigenvalue weighted by molar-refractivity contribution is 5.81. The molecule has 6 heteroatoms. The maximum atomic E-state index is 11.8. The highest BCUT2D eigenvalue weighted by atomic mass is 16.9. The number of carbonyl (C=O) groups is 1. The summed E-state index contributed by atoms with van der Waals surface area (Å²) in [5, 5.41) is 2.71. The molecule has 0 saturated carbocycles. The van der Waals surface area contributed by atoms with Crippen LogP contribution in [0.2, 0.25) is 0 Å². The Bertz CT molecular complexity index is 379. The van der Waals surface area contributed by atoms with E-state index in [2.05, 4.69) is 11.0 Å². The fraction of sp³-hybridized carbons (Fsp3) is 0.417. The maximum absolute atomic E-state index is 11.8. The van der Waals surface area contributed by atoms with E-state index in [1.165, 1.54) is 0 Å². The van der Waals surface area contributed by atoms with Crippen molar-refractivity contribution in [3.05, 3.63) is 35.9 Å². The summed E-state index contributed by atoms with van der Waals surface area (Å²) in [7, 11) is 0. The second-order valence-corrected chi connectivity index (χ2v) is 4.13. The first kappa shape index (κ1) is 13.0. The number of hydrogen-bond acceptors (Lipinski definition) is 5. The van der Waals surface area contributed by atoms with Gasteiger partial charge in [-0.15, -0.1) is 0 Å². The monoisotopic (exact) mass is 251 g/mol. The summed E-state index contributed by atoms with van der Waals surface area (Å²) < 4.78 is 0. The minimum atomic E-state index is -0.584. The molecule has 6 nitrogen and oxygen atoms in total. The third-order valence-electron chi connectivity index (χ3n) is 2.67. The molecule has 0 spiro atoms. The summed E-state index contributed by atoms with van der Waals surface area (Å²) >= 11 is 0. The van der Waals surface area contributed by atoms with E-state index in [0.717, 1.165) is 5.56 Å². The maximum Gasteiger partial charge on any atom is 0.239 e. The summed E-state index contributed by atoms with van der Waals surface area (Å²) in [6.07, 6.45) is 0.702. The Balaban J connectivity index is 1.81. The smallest absolute Gasteiger partial charge is 0.239 e. The Hall–Kier alpha value is -1.47. The van der Waals surface area contributed by atoms with Crippen molar-refractivity contribution in [3.8, 4) is 0 Å². The van der Waals surface area contributed by atoms with Crippen molar-refractivity contribution in [2.24, 2.45) is 5.73 Å². The standard InChI is InChI=1S/C12H17N3O3/c13-10(8-9-4-2-1-3-5-9)12(16)14-11-6-7-17-15-18-11/h1-5,10-11,15H,6-8,13H2,(H,14,16)/t10-,11?/m0/s1. The molecule has 0 radical (unpaired) electrons. The number of carbonyl (C=O) groups excluding carboxylic acids is 1. The molecule has 0 bridgehead atoms. The third kappa shape index (κ3) is 3.78. The van der Waals surface area contributed by atoms with Crippen LogP contribution in [-0.4, -0.2) is 24.8 Å². The molecule has 0 aromatic heterocycles. The van der Waals surface area contributed by atoms with Crippen LogP contribution in [0.15, 0.2) is 30.3 Å². The van der Waals surface area contributed by atoms with Crippen LogP contribution in [-0.2, 0) is 20.9 Å². The lowest BCUT2D eigenvalue weighted by Gasteiger charge is -2.24. The summed E-state index contributed by atoms with van der Waals surface area (Å²) in [5.74, 6) is -0.229. The highest BCUT2D eigenvalue weighted by Gasteiger charge is 2.21. The molecule has 1 aliphatic rings. The van der Waals surface area contributed by atoms with Crippen molar-refractivity contribution >= 4 is 5.91 Å². The number of rotatable bonds is 4. The Labute approximate surface area is 105 Å². The zero-order valence-electron chi connectivity index (χ0n) is 9.96. The van der Waals surface area contributed by atoms with Gasteiger partial charge < -0.3 is 11.1 Å². The van der Waals surface area contributed by atoms with Gasteiger partial charge >= 0.3 is 0 Å². The van der Waals surface area contributed by atoms with Crippen molar-refractivity contribution in [2.75, 3.05) is 6.61 Å². The number of nitrogens with one attached hydrogen (secondary N) is 2. The summed E-state index contributed by atoms with van der Waals surface area (Å²) in [5.41, 5.74) is 9.15. The first-order chi connectivity index (χ1) is 8.75. The van der Waals surface area contributed by atoms with Gasteiger partial charge in [-0.3, -0.25) is 14.5 Å². The predicted molar refractivity (Wildman–Crippen MR) is 64.8 cm³/mol. The minimum Gasteiger partial charge on any atom is -0.328 e. The van der Waals surface area contributed by atoms with Gasteiger partial charge in [-0.1, -0.05) is 36.0 Å². The van der Waals surface area contributed by atoms with E-state index in [-0.39, 0.29) is 5.91 Å². The predicted octanol–water partition coefficient (Wildman–Crippen LogP) is -0.145. The molecule has 1 aromatic carbocycles. The largest absolute Gasteiger partial charge is 0.328 e. The van der Waals surface area contributed by atoms with Gasteiger partial charge in [0.25, 0.3) is 0 Å². The van der Waals surface area contributed by atoms with Crippen LogP contribution in [0.4, 0.5) is 0 Å². The van der Waals surface area contributed by atoms with E-state index in [9.17, 15) is 4.79 Å². The molecule has 1 fully saturated rings. The number of benzene rings is 1. The molecule has 98 valence electrons. The van der Waals surface area contributed by atoms with E-state index in [0.29, 0.717) is 19.4 Å². The fourth-order valence-corrected chi connectivity index (χ4v) is 1.69. The van der Waals surface area contributed by atoms with Gasteiger partial charge in [-0.25, -0.2) is 0 Å². The van der Waals surface area contributed by atoms with Crippen molar-refractivity contribution < 1.29 is 14.5 Å². The molecule has 2 atom stereocenters. The molecular weight excluding hydrogens is 234 g/mol. The molecule has 1 aromatic rings. The normalized spacial score (nSPS) is 21.3. The second-order valence-electron chi connectivity index (χ2n) is 4.13. The van der Waals surface area contributed by atoms with E-state index < -0.39 is 12.3 Å². The molecular formula is C12H17N3O3. The van der Waals surface area contributed by atoms with Gasteiger partial charge in [-0.2, -0.15) is 0 Å². The van der Waals surface area contributed by atoms with Gasteiger partial charge in [0.05, 0.1) is 12.6 Å². The molecule has 1 aliphatic heterocycles. The Morgan fingerprint density at radius 2 is 2.28 bits per heavy atom. The lowest BCUT2D eigenvalue weighted by Crippen LogP contribution is -2.50. The Morgan fingerprint density at radius 3 is 2.94 bits per heavy atom. The van der Waals surface area contributed by atoms with Crippen molar-refractivity contribution in [1.82, 2.24) is 11.0 Å². The van der Waals surface area contributed by atoms with E-state index >= 15 is 0 Å². The van der Waals surface area contributed by atoms with Gasteiger partial charge in [-0.05, 0) is 12.0 Å². The molecule has 1 saturated heterocycles. The molecule has 1 unspecified atom stereocenters. The Morgan fingerprint density at radius 1 is 1.50 bits per heavy atom. The summed E-state index contributed by atoms with van der Waals surface area (Å²) in [4.78, 5) is 21.6. The molecule has 1 amide bonds. The lowest BCUT2D eigenvalue weighted by molar-refractivity contribution is -0.245. The first-order valence-electron chi connectivity index (χ1n) is 5.88.